The van der Waals surface area contributed by atoms with E-state index in [1.165, 1.54) is 14.0 Å². The van der Waals surface area contributed by atoms with Crippen LogP contribution in [0.1, 0.15) is 23.0 Å². The van der Waals surface area contributed by atoms with Gasteiger partial charge in [0.05, 0.1) is 18.7 Å². The summed E-state index contributed by atoms with van der Waals surface area (Å²) in [5.41, 5.74) is -0.193. The lowest BCUT2D eigenvalue weighted by molar-refractivity contribution is 0.101. The fraction of sp³-hybridized carbons (Fsp3) is 0.333. The molecule has 0 saturated carbocycles. The number of hydrogen-bond acceptors (Lipinski definition) is 4. The first-order chi connectivity index (χ1) is 6.06. The lowest BCUT2D eigenvalue weighted by atomic mass is 10.1. The number of hydrogen-bond donors (Lipinski definition) is 0. The predicted octanol–water partition coefficient (Wildman–Crippen LogP) is 1.16. The zero-order valence-electron chi connectivity index (χ0n) is 7.71. The summed E-state index contributed by atoms with van der Waals surface area (Å²) in [6, 6.07) is 1.16. The number of ketones is 1. The molecule has 0 saturated heterocycles. The highest BCUT2D eigenvalue weighted by atomic mass is 16.5. The van der Waals surface area contributed by atoms with Crippen LogP contribution in [0.25, 0.3) is 0 Å². The molecule has 0 atom stereocenters. The Labute approximate surface area is 75.1 Å². The van der Waals surface area contributed by atoms with E-state index in [0.29, 0.717) is 5.56 Å². The normalized spacial score (nSPS) is 9.77. The van der Waals surface area contributed by atoms with Crippen LogP contribution in [0, 0.1) is 6.92 Å². The van der Waals surface area contributed by atoms with Crippen molar-refractivity contribution in [2.45, 2.75) is 13.8 Å². The highest BCUT2D eigenvalue weighted by Gasteiger charge is 2.14. The Morgan fingerprint density at radius 3 is 2.62 bits per heavy atom. The van der Waals surface area contributed by atoms with Gasteiger partial charge in [-0.3, -0.25) is 4.79 Å². The Morgan fingerprint density at radius 1 is 1.54 bits per heavy atom. The van der Waals surface area contributed by atoms with Gasteiger partial charge in [0, 0.05) is 0 Å². The summed E-state index contributed by atoms with van der Waals surface area (Å²) in [6.07, 6.45) is 0. The molecule has 1 aromatic heterocycles. The van der Waals surface area contributed by atoms with Gasteiger partial charge in [0.15, 0.2) is 5.78 Å². The predicted molar refractivity (Wildman–Crippen MR) is 46.3 cm³/mol. The van der Waals surface area contributed by atoms with Crippen molar-refractivity contribution >= 4 is 5.78 Å². The summed E-state index contributed by atoms with van der Waals surface area (Å²) in [6.45, 7) is 2.95. The standard InChI is InChI=1S/C9H10O4/c1-5(10)9-6(2)13-8(11)4-7(9)12-3/h4H,1-3H3. The fourth-order valence-electron chi connectivity index (χ4n) is 1.17. The van der Waals surface area contributed by atoms with Crippen LogP contribution in [-0.2, 0) is 0 Å². The van der Waals surface area contributed by atoms with Gasteiger partial charge in [0.1, 0.15) is 11.5 Å². The minimum absolute atomic E-state index is 0.182. The minimum Gasteiger partial charge on any atom is -0.496 e. The summed E-state index contributed by atoms with van der Waals surface area (Å²) in [5, 5.41) is 0. The van der Waals surface area contributed by atoms with E-state index in [1.807, 2.05) is 0 Å². The maximum atomic E-state index is 11.1. The largest absolute Gasteiger partial charge is 0.496 e. The second-order valence-corrected chi connectivity index (χ2v) is 2.62. The molecular formula is C9H10O4. The second kappa shape index (κ2) is 3.43. The molecule has 1 rings (SSSR count). The highest BCUT2D eigenvalue weighted by molar-refractivity contribution is 5.97. The van der Waals surface area contributed by atoms with Crippen molar-refractivity contribution in [3.8, 4) is 5.75 Å². The quantitative estimate of drug-likeness (QED) is 0.644. The first-order valence-corrected chi connectivity index (χ1v) is 3.76. The molecule has 0 aromatic carbocycles. The van der Waals surface area contributed by atoms with Crippen molar-refractivity contribution in [3.05, 3.63) is 27.8 Å². The van der Waals surface area contributed by atoms with E-state index in [4.69, 9.17) is 9.15 Å². The van der Waals surface area contributed by atoms with Gasteiger partial charge < -0.3 is 9.15 Å². The number of ether oxygens (including phenoxy) is 1. The molecule has 0 aliphatic rings. The van der Waals surface area contributed by atoms with Crippen molar-refractivity contribution in [3.63, 3.8) is 0 Å². The molecule has 0 N–H and O–H groups in total. The monoisotopic (exact) mass is 182 g/mol. The minimum atomic E-state index is -0.514. The number of methoxy groups -OCH3 is 1. The summed E-state index contributed by atoms with van der Waals surface area (Å²) in [7, 11) is 1.40. The molecule has 0 radical (unpaired) electrons. The summed E-state index contributed by atoms with van der Waals surface area (Å²) < 4.78 is 9.64. The molecule has 0 aliphatic carbocycles. The molecule has 4 nitrogen and oxygen atoms in total. The van der Waals surface area contributed by atoms with Gasteiger partial charge in [-0.2, -0.15) is 0 Å². The van der Waals surface area contributed by atoms with Crippen LogP contribution < -0.4 is 10.4 Å². The lowest BCUT2D eigenvalue weighted by Gasteiger charge is -2.05. The molecule has 0 unspecified atom stereocenters. The Kier molecular flexibility index (Phi) is 2.51. The number of rotatable bonds is 2. The van der Waals surface area contributed by atoms with Gasteiger partial charge in [0.2, 0.25) is 0 Å². The van der Waals surface area contributed by atoms with E-state index in [0.717, 1.165) is 6.07 Å². The zero-order valence-corrected chi connectivity index (χ0v) is 7.71. The maximum absolute atomic E-state index is 11.1. The van der Waals surface area contributed by atoms with Crippen LogP contribution in [0.5, 0.6) is 5.75 Å². The van der Waals surface area contributed by atoms with Gasteiger partial charge in [-0.1, -0.05) is 0 Å². The molecule has 0 amide bonds. The summed E-state index contributed by atoms with van der Waals surface area (Å²) in [5.74, 6) is 0.371. The second-order valence-electron chi connectivity index (χ2n) is 2.62. The van der Waals surface area contributed by atoms with Crippen LogP contribution in [0.4, 0.5) is 0 Å². The van der Waals surface area contributed by atoms with Gasteiger partial charge >= 0.3 is 5.63 Å². The average molecular weight is 182 g/mol. The Balaban J connectivity index is 3.47. The third-order valence-electron chi connectivity index (χ3n) is 1.67. The number of carbonyl (C=O) groups is 1. The van der Waals surface area contributed by atoms with Crippen molar-refractivity contribution in [2.24, 2.45) is 0 Å². The van der Waals surface area contributed by atoms with Crippen molar-refractivity contribution in [2.75, 3.05) is 7.11 Å². The summed E-state index contributed by atoms with van der Waals surface area (Å²) in [4.78, 5) is 22.0. The third-order valence-corrected chi connectivity index (χ3v) is 1.67. The molecular weight excluding hydrogens is 172 g/mol. The molecule has 1 heterocycles. The van der Waals surface area contributed by atoms with E-state index in [9.17, 15) is 9.59 Å². The molecule has 0 fully saturated rings. The first kappa shape index (κ1) is 9.51. The van der Waals surface area contributed by atoms with Crippen LogP contribution in [0.3, 0.4) is 0 Å². The number of Topliss-reactive ketones (excluding diaryl/α,β-unsaturated/α-hetero) is 1. The van der Waals surface area contributed by atoms with Crippen LogP contribution in [0.2, 0.25) is 0 Å². The number of aryl methyl sites for hydroxylation is 1. The van der Waals surface area contributed by atoms with Gasteiger partial charge in [-0.15, -0.1) is 0 Å². The fourth-order valence-corrected chi connectivity index (χ4v) is 1.17. The molecule has 70 valence electrons. The van der Waals surface area contributed by atoms with Gasteiger partial charge in [-0.25, -0.2) is 4.79 Å². The molecule has 13 heavy (non-hydrogen) atoms. The van der Waals surface area contributed by atoms with Gasteiger partial charge in [-0.05, 0) is 13.8 Å². The average Bonchev–Trinajstić information content (AvgIpc) is 2.01. The molecule has 1 aromatic rings. The Hall–Kier alpha value is -1.58. The number of carbonyl (C=O) groups excluding carboxylic acids is 1. The van der Waals surface area contributed by atoms with E-state index >= 15 is 0 Å². The third kappa shape index (κ3) is 1.77. The summed E-state index contributed by atoms with van der Waals surface area (Å²) >= 11 is 0. The maximum Gasteiger partial charge on any atom is 0.339 e. The van der Waals surface area contributed by atoms with E-state index < -0.39 is 5.63 Å². The van der Waals surface area contributed by atoms with Crippen LogP contribution in [-0.4, -0.2) is 12.9 Å². The molecule has 0 bridgehead atoms. The van der Waals surface area contributed by atoms with Gasteiger partial charge in [0.25, 0.3) is 0 Å². The highest BCUT2D eigenvalue weighted by Crippen LogP contribution is 2.19. The van der Waals surface area contributed by atoms with Crippen molar-refractivity contribution in [1.82, 2.24) is 0 Å². The lowest BCUT2D eigenvalue weighted by Crippen LogP contribution is -2.07. The smallest absolute Gasteiger partial charge is 0.339 e. The van der Waals surface area contributed by atoms with Crippen molar-refractivity contribution in [1.29, 1.82) is 0 Å². The zero-order chi connectivity index (χ0) is 10.0. The van der Waals surface area contributed by atoms with E-state index in [2.05, 4.69) is 0 Å². The molecule has 4 heteroatoms. The van der Waals surface area contributed by atoms with E-state index in [1.54, 1.807) is 6.92 Å². The molecule has 0 aliphatic heterocycles. The first-order valence-electron chi connectivity index (χ1n) is 3.76. The van der Waals surface area contributed by atoms with E-state index in [-0.39, 0.29) is 17.3 Å². The van der Waals surface area contributed by atoms with Crippen LogP contribution in [0.15, 0.2) is 15.3 Å². The Morgan fingerprint density at radius 2 is 2.15 bits per heavy atom. The molecule has 0 spiro atoms. The van der Waals surface area contributed by atoms with Crippen molar-refractivity contribution < 1.29 is 13.9 Å². The Bertz CT molecular complexity index is 389. The van der Waals surface area contributed by atoms with Crippen LogP contribution >= 0.6 is 0 Å². The SMILES string of the molecule is COc1cc(=O)oc(C)c1C(C)=O. The topological polar surface area (TPSA) is 56.5 Å².